The molecule has 4 heteroatoms. The summed E-state index contributed by atoms with van der Waals surface area (Å²) in [4.78, 5) is 13.5. The second-order valence-electron chi connectivity index (χ2n) is 6.32. The summed E-state index contributed by atoms with van der Waals surface area (Å²) in [6, 6.07) is 0.669. The number of nitrogens with zero attached hydrogens (tertiary/aromatic N) is 1. The third kappa shape index (κ3) is 4.77. The van der Waals surface area contributed by atoms with Crippen molar-refractivity contribution < 1.29 is 9.90 Å². The highest BCUT2D eigenvalue weighted by molar-refractivity contribution is 5.78. The van der Waals surface area contributed by atoms with Gasteiger partial charge in [0.05, 0.1) is 0 Å². The molecule has 3 N–H and O–H groups in total. The van der Waals surface area contributed by atoms with Gasteiger partial charge in [0, 0.05) is 6.04 Å². The van der Waals surface area contributed by atoms with Gasteiger partial charge in [0.2, 0.25) is 0 Å². The van der Waals surface area contributed by atoms with E-state index in [0.717, 1.165) is 18.9 Å². The zero-order valence-electron chi connectivity index (χ0n) is 12.7. The van der Waals surface area contributed by atoms with E-state index in [2.05, 4.69) is 18.9 Å². The average Bonchev–Trinajstić information content (AvgIpc) is 2.38. The van der Waals surface area contributed by atoms with Gasteiger partial charge < -0.3 is 15.7 Å². The van der Waals surface area contributed by atoms with Gasteiger partial charge in [0.25, 0.3) is 0 Å². The molecule has 3 atom stereocenters. The standard InChI is InChI=1S/C15H30N2O2/c1-4-15(16,14(18)19)9-6-10-17(3)13-8-5-7-12(2)11-13/h12-13H,4-11,16H2,1-3H3,(H,18,19). The quantitative estimate of drug-likeness (QED) is 0.746. The second-order valence-corrected chi connectivity index (χ2v) is 6.32. The molecular weight excluding hydrogens is 240 g/mol. The maximum absolute atomic E-state index is 11.1. The Labute approximate surface area is 117 Å². The van der Waals surface area contributed by atoms with Crippen LogP contribution < -0.4 is 5.73 Å². The molecule has 0 spiro atoms. The highest BCUT2D eigenvalue weighted by Gasteiger charge is 2.31. The Bertz CT molecular complexity index is 296. The summed E-state index contributed by atoms with van der Waals surface area (Å²) in [6.45, 7) is 5.12. The van der Waals surface area contributed by atoms with Crippen LogP contribution in [0.1, 0.15) is 58.8 Å². The smallest absolute Gasteiger partial charge is 0.323 e. The Morgan fingerprint density at radius 1 is 1.47 bits per heavy atom. The molecule has 1 aliphatic carbocycles. The molecule has 0 saturated heterocycles. The number of nitrogens with two attached hydrogens (primary N) is 1. The minimum atomic E-state index is -1.04. The normalized spacial score (nSPS) is 27.2. The van der Waals surface area contributed by atoms with Gasteiger partial charge in [-0.05, 0) is 51.6 Å². The van der Waals surface area contributed by atoms with Crippen LogP contribution in [0, 0.1) is 5.92 Å². The van der Waals surface area contributed by atoms with Crippen LogP contribution in [0.5, 0.6) is 0 Å². The van der Waals surface area contributed by atoms with Crippen LogP contribution in [0.15, 0.2) is 0 Å². The van der Waals surface area contributed by atoms with Crippen molar-refractivity contribution >= 4 is 5.97 Å². The van der Waals surface area contributed by atoms with Crippen LogP contribution in [0.3, 0.4) is 0 Å². The Morgan fingerprint density at radius 3 is 2.68 bits per heavy atom. The van der Waals surface area contributed by atoms with E-state index in [1.54, 1.807) is 0 Å². The third-order valence-electron chi connectivity index (χ3n) is 4.72. The summed E-state index contributed by atoms with van der Waals surface area (Å²) in [5.74, 6) is -0.0478. The molecule has 0 aromatic heterocycles. The number of carboxylic acids is 1. The second kappa shape index (κ2) is 7.25. The van der Waals surface area contributed by atoms with Crippen LogP contribution >= 0.6 is 0 Å². The third-order valence-corrected chi connectivity index (χ3v) is 4.72. The van der Waals surface area contributed by atoms with Gasteiger partial charge in [0.15, 0.2) is 0 Å². The zero-order chi connectivity index (χ0) is 14.5. The van der Waals surface area contributed by atoms with E-state index >= 15 is 0 Å². The first-order valence-electron chi connectivity index (χ1n) is 7.61. The summed E-state index contributed by atoms with van der Waals surface area (Å²) in [6.07, 6.45) is 7.14. The Kier molecular flexibility index (Phi) is 6.27. The van der Waals surface area contributed by atoms with Gasteiger partial charge in [-0.3, -0.25) is 4.79 Å². The van der Waals surface area contributed by atoms with E-state index in [1.807, 2.05) is 6.92 Å². The SMILES string of the molecule is CCC(N)(CCCN(C)C1CCCC(C)C1)C(=O)O. The first-order chi connectivity index (χ1) is 8.89. The molecule has 4 nitrogen and oxygen atoms in total. The topological polar surface area (TPSA) is 66.6 Å². The molecule has 1 saturated carbocycles. The van der Waals surface area contributed by atoms with Gasteiger partial charge in [-0.15, -0.1) is 0 Å². The Balaban J connectivity index is 2.33. The zero-order valence-corrected chi connectivity index (χ0v) is 12.7. The van der Waals surface area contributed by atoms with E-state index in [4.69, 9.17) is 10.8 Å². The molecule has 0 bridgehead atoms. The lowest BCUT2D eigenvalue weighted by Gasteiger charge is -2.34. The van der Waals surface area contributed by atoms with Crippen molar-refractivity contribution in [3.63, 3.8) is 0 Å². The van der Waals surface area contributed by atoms with Crippen LogP contribution in [-0.4, -0.2) is 41.1 Å². The lowest BCUT2D eigenvalue weighted by atomic mass is 9.86. The monoisotopic (exact) mass is 270 g/mol. The van der Waals surface area contributed by atoms with E-state index in [0.29, 0.717) is 18.9 Å². The fourth-order valence-electron chi connectivity index (χ4n) is 3.06. The largest absolute Gasteiger partial charge is 0.480 e. The number of rotatable bonds is 7. The van der Waals surface area contributed by atoms with Gasteiger partial charge in [-0.2, -0.15) is 0 Å². The molecule has 0 aromatic rings. The molecule has 112 valence electrons. The highest BCUT2D eigenvalue weighted by Crippen LogP contribution is 2.27. The van der Waals surface area contributed by atoms with Gasteiger partial charge in [-0.25, -0.2) is 0 Å². The van der Waals surface area contributed by atoms with Crippen molar-refractivity contribution in [2.45, 2.75) is 70.4 Å². The molecule has 1 fully saturated rings. The van der Waals surface area contributed by atoms with Crippen LogP contribution in [0.25, 0.3) is 0 Å². The molecule has 3 unspecified atom stereocenters. The number of carbonyl (C=O) groups is 1. The van der Waals surface area contributed by atoms with Crippen molar-refractivity contribution in [2.75, 3.05) is 13.6 Å². The first-order valence-corrected chi connectivity index (χ1v) is 7.61. The predicted octanol–water partition coefficient (Wildman–Crippen LogP) is 2.47. The van der Waals surface area contributed by atoms with Crippen LogP contribution in [-0.2, 0) is 4.79 Å². The summed E-state index contributed by atoms with van der Waals surface area (Å²) >= 11 is 0. The molecule has 1 rings (SSSR count). The summed E-state index contributed by atoms with van der Waals surface area (Å²) in [5.41, 5.74) is 4.87. The molecule has 0 heterocycles. The molecular formula is C15H30N2O2. The minimum Gasteiger partial charge on any atom is -0.480 e. The highest BCUT2D eigenvalue weighted by atomic mass is 16.4. The number of aliphatic carboxylic acids is 1. The maximum Gasteiger partial charge on any atom is 0.323 e. The number of hydrogen-bond donors (Lipinski definition) is 2. The number of hydrogen-bond acceptors (Lipinski definition) is 3. The minimum absolute atomic E-state index is 0.493. The van der Waals surface area contributed by atoms with E-state index in [9.17, 15) is 4.79 Å². The predicted molar refractivity (Wildman–Crippen MR) is 78.1 cm³/mol. The molecule has 0 aliphatic heterocycles. The molecule has 0 aromatic carbocycles. The van der Waals surface area contributed by atoms with Crippen molar-refractivity contribution in [2.24, 2.45) is 11.7 Å². The van der Waals surface area contributed by atoms with Crippen molar-refractivity contribution in [3.05, 3.63) is 0 Å². The van der Waals surface area contributed by atoms with Gasteiger partial charge in [-0.1, -0.05) is 26.7 Å². The van der Waals surface area contributed by atoms with Crippen molar-refractivity contribution in [3.8, 4) is 0 Å². The van der Waals surface area contributed by atoms with Crippen molar-refractivity contribution in [1.29, 1.82) is 0 Å². The summed E-state index contributed by atoms with van der Waals surface area (Å²) in [5, 5.41) is 9.14. The van der Waals surface area contributed by atoms with Gasteiger partial charge in [0.1, 0.15) is 5.54 Å². The summed E-state index contributed by atoms with van der Waals surface area (Å²) < 4.78 is 0. The molecule has 0 radical (unpaired) electrons. The molecule has 0 amide bonds. The van der Waals surface area contributed by atoms with Crippen molar-refractivity contribution in [1.82, 2.24) is 4.90 Å². The summed E-state index contributed by atoms with van der Waals surface area (Å²) in [7, 11) is 2.16. The Morgan fingerprint density at radius 2 is 2.16 bits per heavy atom. The molecule has 1 aliphatic rings. The maximum atomic E-state index is 11.1. The molecule has 19 heavy (non-hydrogen) atoms. The Hall–Kier alpha value is -0.610. The number of carboxylic acid groups (broad SMARTS) is 1. The first kappa shape index (κ1) is 16.4. The van der Waals surface area contributed by atoms with Crippen LogP contribution in [0.2, 0.25) is 0 Å². The fourth-order valence-corrected chi connectivity index (χ4v) is 3.06. The van der Waals surface area contributed by atoms with E-state index in [-0.39, 0.29) is 0 Å². The van der Waals surface area contributed by atoms with Gasteiger partial charge >= 0.3 is 5.97 Å². The fraction of sp³-hybridized carbons (Fsp3) is 0.933. The average molecular weight is 270 g/mol. The van der Waals surface area contributed by atoms with E-state index in [1.165, 1.54) is 25.7 Å². The van der Waals surface area contributed by atoms with E-state index < -0.39 is 11.5 Å². The van der Waals surface area contributed by atoms with Crippen LogP contribution in [0.4, 0.5) is 0 Å². The lowest BCUT2D eigenvalue weighted by Crippen LogP contribution is -2.48. The lowest BCUT2D eigenvalue weighted by molar-refractivity contribution is -0.143.